The summed E-state index contributed by atoms with van der Waals surface area (Å²) in [7, 11) is 1.67. The Hall–Kier alpha value is -1.26. The van der Waals surface area contributed by atoms with Gasteiger partial charge < -0.3 is 15.4 Å². The van der Waals surface area contributed by atoms with Crippen LogP contribution in [0, 0.1) is 11.8 Å². The molecule has 2 rings (SSSR count). The smallest absolute Gasteiger partial charge is 0.220 e. The van der Waals surface area contributed by atoms with Crippen molar-refractivity contribution in [2.75, 3.05) is 26.7 Å². The molecule has 1 aliphatic heterocycles. The van der Waals surface area contributed by atoms with Gasteiger partial charge in [0.15, 0.2) is 0 Å². The Morgan fingerprint density at radius 2 is 2.30 bits per heavy atom. The largest absolute Gasteiger partial charge is 0.497 e. The van der Waals surface area contributed by atoms with E-state index in [1.54, 1.807) is 7.11 Å². The van der Waals surface area contributed by atoms with Crippen LogP contribution in [0.3, 0.4) is 0 Å². The highest BCUT2D eigenvalue weighted by molar-refractivity contribution is 5.85. The Balaban J connectivity index is 0.00000264. The molecule has 1 aromatic carbocycles. The first-order valence-electron chi connectivity index (χ1n) is 8.29. The van der Waals surface area contributed by atoms with Crippen molar-refractivity contribution in [1.82, 2.24) is 10.6 Å². The van der Waals surface area contributed by atoms with Crippen molar-refractivity contribution in [2.45, 2.75) is 32.6 Å². The minimum atomic E-state index is 0. The molecule has 23 heavy (non-hydrogen) atoms. The zero-order valence-electron chi connectivity index (χ0n) is 14.1. The summed E-state index contributed by atoms with van der Waals surface area (Å²) in [6, 6.07) is 7.99. The lowest BCUT2D eigenvalue weighted by atomic mass is 9.85. The molecule has 2 unspecified atom stereocenters. The molecule has 2 atom stereocenters. The fourth-order valence-electron chi connectivity index (χ4n) is 3.07. The number of methoxy groups -OCH3 is 1. The van der Waals surface area contributed by atoms with Gasteiger partial charge in [0, 0.05) is 13.0 Å². The van der Waals surface area contributed by atoms with Gasteiger partial charge in [0.25, 0.3) is 0 Å². The molecule has 1 aliphatic rings. The van der Waals surface area contributed by atoms with Gasteiger partial charge in [-0.2, -0.15) is 0 Å². The molecule has 1 aromatic rings. The summed E-state index contributed by atoms with van der Waals surface area (Å²) in [5, 5.41) is 6.46. The quantitative estimate of drug-likeness (QED) is 0.802. The average molecular weight is 341 g/mol. The first kappa shape index (κ1) is 19.8. The van der Waals surface area contributed by atoms with Crippen molar-refractivity contribution in [3.05, 3.63) is 29.8 Å². The minimum absolute atomic E-state index is 0. The normalized spacial score (nSPS) is 18.6. The molecule has 1 fully saturated rings. The van der Waals surface area contributed by atoms with Crippen LogP contribution in [-0.2, 0) is 11.2 Å². The van der Waals surface area contributed by atoms with Crippen LogP contribution in [0.2, 0.25) is 0 Å². The fraction of sp³-hybridized carbons (Fsp3) is 0.611. The standard InChI is InChI=1S/C18H28N2O2.ClH/c1-14(16-6-4-9-19-13-16)11-18(21)20-10-8-15-5-3-7-17(12-15)22-2;/h3,5,7,12,14,16,19H,4,6,8-11,13H2,1-2H3,(H,20,21);1H. The highest BCUT2D eigenvalue weighted by Gasteiger charge is 2.21. The number of amides is 1. The number of hydrogen-bond donors (Lipinski definition) is 2. The second kappa shape index (κ2) is 10.5. The van der Waals surface area contributed by atoms with E-state index < -0.39 is 0 Å². The van der Waals surface area contributed by atoms with Gasteiger partial charge in [-0.25, -0.2) is 0 Å². The molecule has 2 N–H and O–H groups in total. The second-order valence-electron chi connectivity index (χ2n) is 6.24. The van der Waals surface area contributed by atoms with Crippen LogP contribution in [0.4, 0.5) is 0 Å². The maximum atomic E-state index is 12.1. The molecular weight excluding hydrogens is 312 g/mol. The summed E-state index contributed by atoms with van der Waals surface area (Å²) in [6.07, 6.45) is 3.94. The summed E-state index contributed by atoms with van der Waals surface area (Å²) in [5.41, 5.74) is 1.18. The van der Waals surface area contributed by atoms with Crippen molar-refractivity contribution in [3.8, 4) is 5.75 Å². The van der Waals surface area contributed by atoms with E-state index in [0.29, 0.717) is 24.8 Å². The lowest BCUT2D eigenvalue weighted by molar-refractivity contribution is -0.122. The lowest BCUT2D eigenvalue weighted by Crippen LogP contribution is -2.36. The summed E-state index contributed by atoms with van der Waals surface area (Å²) in [4.78, 5) is 12.1. The summed E-state index contributed by atoms with van der Waals surface area (Å²) in [5.74, 6) is 2.12. The molecule has 0 spiro atoms. The molecule has 0 bridgehead atoms. The summed E-state index contributed by atoms with van der Waals surface area (Å²) < 4.78 is 5.21. The molecule has 0 radical (unpaired) electrons. The average Bonchev–Trinajstić information content (AvgIpc) is 2.56. The van der Waals surface area contributed by atoms with E-state index in [1.807, 2.05) is 18.2 Å². The molecule has 0 aliphatic carbocycles. The van der Waals surface area contributed by atoms with E-state index >= 15 is 0 Å². The predicted molar refractivity (Wildman–Crippen MR) is 96.3 cm³/mol. The Labute approximate surface area is 145 Å². The molecule has 4 nitrogen and oxygen atoms in total. The number of ether oxygens (including phenoxy) is 1. The zero-order valence-corrected chi connectivity index (χ0v) is 15.0. The number of nitrogens with one attached hydrogen (secondary N) is 2. The number of benzene rings is 1. The van der Waals surface area contributed by atoms with Crippen molar-refractivity contribution < 1.29 is 9.53 Å². The summed E-state index contributed by atoms with van der Waals surface area (Å²) in [6.45, 7) is 5.05. The van der Waals surface area contributed by atoms with Crippen LogP contribution in [-0.4, -0.2) is 32.7 Å². The molecule has 1 saturated heterocycles. The van der Waals surface area contributed by atoms with Crippen LogP contribution in [0.5, 0.6) is 5.75 Å². The Morgan fingerprint density at radius 3 is 3.00 bits per heavy atom. The first-order valence-corrected chi connectivity index (χ1v) is 8.29. The van der Waals surface area contributed by atoms with Crippen LogP contribution < -0.4 is 15.4 Å². The topological polar surface area (TPSA) is 50.4 Å². The van der Waals surface area contributed by atoms with Crippen molar-refractivity contribution in [2.24, 2.45) is 11.8 Å². The number of hydrogen-bond acceptors (Lipinski definition) is 3. The van der Waals surface area contributed by atoms with Gasteiger partial charge in [0.2, 0.25) is 5.91 Å². The van der Waals surface area contributed by atoms with E-state index in [0.717, 1.165) is 25.3 Å². The third-order valence-corrected chi connectivity index (χ3v) is 4.52. The monoisotopic (exact) mass is 340 g/mol. The highest BCUT2D eigenvalue weighted by atomic mass is 35.5. The number of carbonyl (C=O) groups excluding carboxylic acids is 1. The van der Waals surface area contributed by atoms with Gasteiger partial charge in [-0.3, -0.25) is 4.79 Å². The summed E-state index contributed by atoms with van der Waals surface area (Å²) >= 11 is 0. The molecular formula is C18H29ClN2O2. The third kappa shape index (κ3) is 6.80. The van der Waals surface area contributed by atoms with E-state index in [-0.39, 0.29) is 18.3 Å². The van der Waals surface area contributed by atoms with Crippen molar-refractivity contribution in [1.29, 1.82) is 0 Å². The molecule has 0 saturated carbocycles. The predicted octanol–water partition coefficient (Wildman–Crippen LogP) is 2.80. The molecule has 1 amide bonds. The zero-order chi connectivity index (χ0) is 15.8. The first-order chi connectivity index (χ1) is 10.7. The van der Waals surface area contributed by atoms with E-state index in [2.05, 4.69) is 23.6 Å². The fourth-order valence-corrected chi connectivity index (χ4v) is 3.07. The number of carbonyl (C=O) groups is 1. The van der Waals surface area contributed by atoms with Gasteiger partial charge in [-0.1, -0.05) is 19.1 Å². The minimum Gasteiger partial charge on any atom is -0.497 e. The molecule has 0 aromatic heterocycles. The SMILES string of the molecule is COc1cccc(CCNC(=O)CC(C)C2CCCNC2)c1.Cl. The van der Waals surface area contributed by atoms with Gasteiger partial charge in [0.1, 0.15) is 5.75 Å². The van der Waals surface area contributed by atoms with Crippen LogP contribution in [0.15, 0.2) is 24.3 Å². The second-order valence-corrected chi connectivity index (χ2v) is 6.24. The van der Waals surface area contributed by atoms with Gasteiger partial charge in [0.05, 0.1) is 7.11 Å². The van der Waals surface area contributed by atoms with Gasteiger partial charge in [-0.15, -0.1) is 12.4 Å². The lowest BCUT2D eigenvalue weighted by Gasteiger charge is -2.28. The van der Waals surface area contributed by atoms with Crippen molar-refractivity contribution >= 4 is 18.3 Å². The van der Waals surface area contributed by atoms with E-state index in [9.17, 15) is 4.79 Å². The van der Waals surface area contributed by atoms with Crippen molar-refractivity contribution in [3.63, 3.8) is 0 Å². The van der Waals surface area contributed by atoms with E-state index in [4.69, 9.17) is 4.74 Å². The number of piperidine rings is 1. The number of halogens is 1. The Morgan fingerprint density at radius 1 is 1.48 bits per heavy atom. The maximum Gasteiger partial charge on any atom is 0.220 e. The molecule has 130 valence electrons. The molecule has 5 heteroatoms. The van der Waals surface area contributed by atoms with Crippen LogP contribution in [0.1, 0.15) is 31.7 Å². The Bertz CT molecular complexity index is 476. The van der Waals surface area contributed by atoms with Gasteiger partial charge >= 0.3 is 0 Å². The van der Waals surface area contributed by atoms with Crippen LogP contribution in [0.25, 0.3) is 0 Å². The highest BCUT2D eigenvalue weighted by Crippen LogP contribution is 2.22. The Kier molecular flexibility index (Phi) is 9.03. The molecule has 1 heterocycles. The van der Waals surface area contributed by atoms with Crippen LogP contribution >= 0.6 is 12.4 Å². The van der Waals surface area contributed by atoms with Gasteiger partial charge in [-0.05, 0) is 61.9 Å². The third-order valence-electron chi connectivity index (χ3n) is 4.52. The maximum absolute atomic E-state index is 12.1. The van der Waals surface area contributed by atoms with E-state index in [1.165, 1.54) is 18.4 Å². The number of rotatable bonds is 7.